The molecule has 2 aliphatic rings. The van der Waals surface area contributed by atoms with E-state index < -0.39 is 12.0 Å². The number of ether oxygens (including phenoxy) is 2. The lowest BCUT2D eigenvalue weighted by Gasteiger charge is -2.35. The molecule has 0 saturated carbocycles. The second-order valence-electron chi connectivity index (χ2n) is 5.01. The van der Waals surface area contributed by atoms with E-state index in [1.54, 1.807) is 4.90 Å². The number of aliphatic carboxylic acids is 1. The van der Waals surface area contributed by atoms with Crippen molar-refractivity contribution in [3.63, 3.8) is 0 Å². The van der Waals surface area contributed by atoms with E-state index in [0.717, 1.165) is 0 Å². The van der Waals surface area contributed by atoms with Gasteiger partial charge in [-0.3, -0.25) is 0 Å². The molecule has 2 fully saturated rings. The Balaban J connectivity index is 2.05. The van der Waals surface area contributed by atoms with Gasteiger partial charge < -0.3 is 24.4 Å². The summed E-state index contributed by atoms with van der Waals surface area (Å²) in [6.07, 6.45) is 0.127. The van der Waals surface area contributed by atoms with Crippen molar-refractivity contribution < 1.29 is 24.2 Å². The summed E-state index contributed by atoms with van der Waals surface area (Å²) in [5, 5.41) is 9.20. The number of likely N-dealkylation sites (tertiary alicyclic amines) is 1. The summed E-state index contributed by atoms with van der Waals surface area (Å²) in [4.78, 5) is 26.7. The van der Waals surface area contributed by atoms with Crippen LogP contribution in [0.3, 0.4) is 0 Å². The highest BCUT2D eigenvalue weighted by Gasteiger charge is 2.41. The molecule has 2 aliphatic heterocycles. The van der Waals surface area contributed by atoms with Crippen molar-refractivity contribution in [1.82, 2.24) is 9.80 Å². The molecule has 0 spiro atoms. The maximum atomic E-state index is 12.4. The Hall–Kier alpha value is -1.34. The Morgan fingerprint density at radius 2 is 2.11 bits per heavy atom. The molecule has 0 aromatic rings. The van der Waals surface area contributed by atoms with Crippen LogP contribution in [0.2, 0.25) is 0 Å². The molecule has 7 heteroatoms. The third kappa shape index (κ3) is 2.98. The van der Waals surface area contributed by atoms with E-state index in [0.29, 0.717) is 32.7 Å². The Morgan fingerprint density at radius 1 is 1.37 bits per heavy atom. The van der Waals surface area contributed by atoms with Crippen molar-refractivity contribution in [2.75, 3.05) is 33.4 Å². The third-order valence-corrected chi connectivity index (χ3v) is 3.64. The first kappa shape index (κ1) is 14.1. The predicted molar refractivity (Wildman–Crippen MR) is 65.9 cm³/mol. The Kier molecular flexibility index (Phi) is 4.26. The zero-order valence-corrected chi connectivity index (χ0v) is 11.2. The van der Waals surface area contributed by atoms with E-state index in [9.17, 15) is 14.7 Å². The van der Waals surface area contributed by atoms with Crippen molar-refractivity contribution in [3.8, 4) is 0 Å². The molecule has 0 aromatic carbocycles. The average Bonchev–Trinajstić information content (AvgIpc) is 2.82. The highest BCUT2D eigenvalue weighted by molar-refractivity contribution is 5.83. The van der Waals surface area contributed by atoms with Crippen LogP contribution in [0.4, 0.5) is 4.79 Å². The van der Waals surface area contributed by atoms with Gasteiger partial charge in [0.15, 0.2) is 0 Å². The van der Waals surface area contributed by atoms with Gasteiger partial charge in [-0.2, -0.15) is 0 Å². The topological polar surface area (TPSA) is 79.3 Å². The molecular weight excluding hydrogens is 252 g/mol. The molecule has 2 heterocycles. The second-order valence-corrected chi connectivity index (χ2v) is 5.01. The molecule has 19 heavy (non-hydrogen) atoms. The summed E-state index contributed by atoms with van der Waals surface area (Å²) in [6, 6.07) is -1.03. The molecule has 0 aromatic heterocycles. The molecule has 3 atom stereocenters. The molecule has 0 radical (unpaired) electrons. The van der Waals surface area contributed by atoms with E-state index >= 15 is 0 Å². The fraction of sp³-hybridized carbons (Fsp3) is 0.833. The number of morpholine rings is 1. The number of hydrogen-bond acceptors (Lipinski definition) is 4. The van der Waals surface area contributed by atoms with Crippen molar-refractivity contribution >= 4 is 12.0 Å². The molecule has 7 nitrogen and oxygen atoms in total. The molecule has 0 bridgehead atoms. The van der Waals surface area contributed by atoms with Crippen molar-refractivity contribution in [3.05, 3.63) is 0 Å². The number of amides is 2. The summed E-state index contributed by atoms with van der Waals surface area (Å²) in [5.41, 5.74) is 0. The van der Waals surface area contributed by atoms with Gasteiger partial charge in [-0.1, -0.05) is 0 Å². The van der Waals surface area contributed by atoms with Crippen molar-refractivity contribution in [2.24, 2.45) is 0 Å². The summed E-state index contributed by atoms with van der Waals surface area (Å²) in [6.45, 7) is 3.73. The molecular formula is C12H20N2O5. The summed E-state index contributed by atoms with van der Waals surface area (Å²) >= 11 is 0. The largest absolute Gasteiger partial charge is 0.480 e. The Labute approximate surface area is 112 Å². The number of hydrogen-bond donors (Lipinski definition) is 1. The Morgan fingerprint density at radius 3 is 2.68 bits per heavy atom. The van der Waals surface area contributed by atoms with Gasteiger partial charge in [0.1, 0.15) is 6.04 Å². The van der Waals surface area contributed by atoms with Gasteiger partial charge in [0.05, 0.1) is 18.8 Å². The van der Waals surface area contributed by atoms with Crippen molar-refractivity contribution in [2.45, 2.75) is 31.6 Å². The predicted octanol–water partition coefficient (Wildman–Crippen LogP) is 0.00100. The zero-order chi connectivity index (χ0) is 14.0. The van der Waals surface area contributed by atoms with Gasteiger partial charge in [-0.15, -0.1) is 0 Å². The molecule has 2 rings (SSSR count). The fourth-order valence-corrected chi connectivity index (χ4v) is 2.59. The lowest BCUT2D eigenvalue weighted by molar-refractivity contribution is -0.141. The van der Waals surface area contributed by atoms with E-state index in [1.165, 1.54) is 12.0 Å². The monoisotopic (exact) mass is 272 g/mol. The normalized spacial score (nSPS) is 31.6. The minimum absolute atomic E-state index is 0.0122. The molecule has 3 unspecified atom stereocenters. The van der Waals surface area contributed by atoms with Gasteiger partial charge in [0.2, 0.25) is 0 Å². The third-order valence-electron chi connectivity index (χ3n) is 3.64. The molecule has 108 valence electrons. The van der Waals surface area contributed by atoms with Crippen LogP contribution in [0.15, 0.2) is 0 Å². The van der Waals surface area contributed by atoms with Gasteiger partial charge in [0.25, 0.3) is 0 Å². The van der Waals surface area contributed by atoms with Crippen LogP contribution in [0.1, 0.15) is 13.3 Å². The fourth-order valence-electron chi connectivity index (χ4n) is 2.59. The number of carbonyl (C=O) groups is 2. The van der Waals surface area contributed by atoms with E-state index in [2.05, 4.69) is 0 Å². The lowest BCUT2D eigenvalue weighted by atomic mass is 10.2. The quantitative estimate of drug-likeness (QED) is 0.765. The number of urea groups is 1. The molecule has 2 saturated heterocycles. The molecule has 1 N–H and O–H groups in total. The van der Waals surface area contributed by atoms with Crippen LogP contribution >= 0.6 is 0 Å². The van der Waals surface area contributed by atoms with Crippen LogP contribution in [-0.2, 0) is 14.3 Å². The molecule has 0 aliphatic carbocycles. The number of carbonyl (C=O) groups excluding carboxylic acids is 1. The number of carboxylic acid groups (broad SMARTS) is 1. The number of rotatable bonds is 2. The number of nitrogens with zero attached hydrogens (tertiary/aromatic N) is 2. The minimum Gasteiger partial charge on any atom is -0.480 e. The van der Waals surface area contributed by atoms with E-state index in [1.807, 2.05) is 6.92 Å². The SMILES string of the molecule is COC1CC(C(=O)O)N(C(=O)N2CCOC(C)C2)C1. The average molecular weight is 272 g/mol. The van der Waals surface area contributed by atoms with E-state index in [-0.39, 0.29) is 18.2 Å². The van der Waals surface area contributed by atoms with Gasteiger partial charge >= 0.3 is 12.0 Å². The van der Waals surface area contributed by atoms with Gasteiger partial charge in [0, 0.05) is 33.2 Å². The Bertz CT molecular complexity index is 362. The van der Waals surface area contributed by atoms with Crippen molar-refractivity contribution in [1.29, 1.82) is 0 Å². The first-order valence-electron chi connectivity index (χ1n) is 6.45. The van der Waals surface area contributed by atoms with E-state index in [4.69, 9.17) is 9.47 Å². The smallest absolute Gasteiger partial charge is 0.326 e. The lowest BCUT2D eigenvalue weighted by Crippen LogP contribution is -2.53. The number of methoxy groups -OCH3 is 1. The standard InChI is InChI=1S/C12H20N2O5/c1-8-6-13(3-4-19-8)12(17)14-7-9(18-2)5-10(14)11(15)16/h8-10H,3-7H2,1-2H3,(H,15,16). The van der Waals surface area contributed by atoms with Crippen LogP contribution < -0.4 is 0 Å². The van der Waals surface area contributed by atoms with Gasteiger partial charge in [-0.25, -0.2) is 9.59 Å². The molecule has 2 amide bonds. The van der Waals surface area contributed by atoms with Gasteiger partial charge in [-0.05, 0) is 6.92 Å². The van der Waals surface area contributed by atoms with Crippen LogP contribution in [0.5, 0.6) is 0 Å². The second kappa shape index (κ2) is 5.75. The summed E-state index contributed by atoms with van der Waals surface area (Å²) in [7, 11) is 1.54. The zero-order valence-electron chi connectivity index (χ0n) is 11.2. The number of carboxylic acids is 1. The summed E-state index contributed by atoms with van der Waals surface area (Å²) in [5.74, 6) is -0.978. The minimum atomic E-state index is -0.978. The maximum absolute atomic E-state index is 12.4. The van der Waals surface area contributed by atoms with Crippen LogP contribution in [-0.4, -0.2) is 78.5 Å². The van der Waals surface area contributed by atoms with Crippen LogP contribution in [0, 0.1) is 0 Å². The highest BCUT2D eigenvalue weighted by atomic mass is 16.5. The highest BCUT2D eigenvalue weighted by Crippen LogP contribution is 2.22. The maximum Gasteiger partial charge on any atom is 0.326 e. The summed E-state index contributed by atoms with van der Waals surface area (Å²) < 4.78 is 10.6. The van der Waals surface area contributed by atoms with Crippen LogP contribution in [0.25, 0.3) is 0 Å². The first-order valence-corrected chi connectivity index (χ1v) is 6.45. The first-order chi connectivity index (χ1) is 9.02.